The van der Waals surface area contributed by atoms with Gasteiger partial charge in [-0.15, -0.1) is 0 Å². The maximum Gasteiger partial charge on any atom is 0.325 e. The van der Waals surface area contributed by atoms with E-state index in [4.69, 9.17) is 0 Å². The van der Waals surface area contributed by atoms with Crippen LogP contribution in [0.2, 0.25) is 0 Å². The van der Waals surface area contributed by atoms with E-state index >= 15 is 0 Å². The standard InChI is InChI=1S/C12H21N3O2/c1-3-12(2)10(16)15(11(17)14-12)8-9-4-6-13-7-5-9/h9,13H,3-8H2,1-2H3,(H,14,17). The van der Waals surface area contributed by atoms with E-state index in [0.29, 0.717) is 18.9 Å². The van der Waals surface area contributed by atoms with Gasteiger partial charge in [0.2, 0.25) is 0 Å². The zero-order chi connectivity index (χ0) is 12.5. The molecule has 2 N–H and O–H groups in total. The van der Waals surface area contributed by atoms with Crippen LogP contribution in [0.3, 0.4) is 0 Å². The first-order valence-electron chi connectivity index (χ1n) is 6.41. The van der Waals surface area contributed by atoms with E-state index in [0.717, 1.165) is 25.9 Å². The molecular weight excluding hydrogens is 218 g/mol. The highest BCUT2D eigenvalue weighted by Crippen LogP contribution is 2.23. The Morgan fingerprint density at radius 2 is 2.00 bits per heavy atom. The summed E-state index contributed by atoms with van der Waals surface area (Å²) < 4.78 is 0. The second-order valence-corrected chi connectivity index (χ2v) is 5.22. The van der Waals surface area contributed by atoms with E-state index in [1.54, 1.807) is 6.92 Å². The molecule has 0 aromatic rings. The van der Waals surface area contributed by atoms with Crippen molar-refractivity contribution in [2.45, 2.75) is 38.6 Å². The molecule has 2 aliphatic heterocycles. The van der Waals surface area contributed by atoms with Gasteiger partial charge in [-0.3, -0.25) is 9.69 Å². The van der Waals surface area contributed by atoms with Crippen LogP contribution >= 0.6 is 0 Å². The van der Waals surface area contributed by atoms with Gasteiger partial charge >= 0.3 is 6.03 Å². The summed E-state index contributed by atoms with van der Waals surface area (Å²) in [5, 5.41) is 6.08. The van der Waals surface area contributed by atoms with Crippen LogP contribution in [0, 0.1) is 5.92 Å². The lowest BCUT2D eigenvalue weighted by atomic mass is 9.96. The van der Waals surface area contributed by atoms with E-state index in [2.05, 4.69) is 10.6 Å². The Bertz CT molecular complexity index is 326. The van der Waals surface area contributed by atoms with Crippen molar-refractivity contribution >= 4 is 11.9 Å². The van der Waals surface area contributed by atoms with Crippen LogP contribution in [0.25, 0.3) is 0 Å². The molecule has 0 bridgehead atoms. The molecule has 1 unspecified atom stereocenters. The van der Waals surface area contributed by atoms with Gasteiger partial charge in [-0.25, -0.2) is 4.79 Å². The van der Waals surface area contributed by atoms with Gasteiger partial charge < -0.3 is 10.6 Å². The second kappa shape index (κ2) is 4.64. The van der Waals surface area contributed by atoms with Crippen molar-refractivity contribution < 1.29 is 9.59 Å². The molecule has 2 heterocycles. The van der Waals surface area contributed by atoms with Gasteiger partial charge in [-0.05, 0) is 45.2 Å². The summed E-state index contributed by atoms with van der Waals surface area (Å²) in [5.74, 6) is 0.383. The first-order chi connectivity index (χ1) is 8.07. The van der Waals surface area contributed by atoms with Crippen molar-refractivity contribution in [3.05, 3.63) is 0 Å². The lowest BCUT2D eigenvalue weighted by Gasteiger charge is -2.26. The summed E-state index contributed by atoms with van der Waals surface area (Å²) in [6.45, 7) is 6.27. The number of carbonyl (C=O) groups excluding carboxylic acids is 2. The fourth-order valence-electron chi connectivity index (χ4n) is 2.47. The number of imide groups is 1. The van der Waals surface area contributed by atoms with E-state index in [-0.39, 0.29) is 11.9 Å². The van der Waals surface area contributed by atoms with Crippen LogP contribution < -0.4 is 10.6 Å². The van der Waals surface area contributed by atoms with Crippen LogP contribution in [-0.2, 0) is 4.79 Å². The Kier molecular flexibility index (Phi) is 3.38. The smallest absolute Gasteiger partial charge is 0.323 e. The van der Waals surface area contributed by atoms with Crippen molar-refractivity contribution in [3.63, 3.8) is 0 Å². The first kappa shape index (κ1) is 12.4. The van der Waals surface area contributed by atoms with Crippen molar-refractivity contribution in [1.29, 1.82) is 0 Å². The van der Waals surface area contributed by atoms with Crippen molar-refractivity contribution in [2.75, 3.05) is 19.6 Å². The predicted molar refractivity (Wildman–Crippen MR) is 64.5 cm³/mol. The molecule has 1 atom stereocenters. The molecule has 0 aromatic heterocycles. The third kappa shape index (κ3) is 2.29. The lowest BCUT2D eigenvalue weighted by molar-refractivity contribution is -0.131. The summed E-state index contributed by atoms with van der Waals surface area (Å²) >= 11 is 0. The Morgan fingerprint density at radius 1 is 1.35 bits per heavy atom. The minimum absolute atomic E-state index is 0.0662. The fourth-order valence-corrected chi connectivity index (χ4v) is 2.47. The molecule has 0 spiro atoms. The highest BCUT2D eigenvalue weighted by molar-refractivity contribution is 6.06. The SMILES string of the molecule is CCC1(C)NC(=O)N(CC2CCNCC2)C1=O. The molecule has 0 saturated carbocycles. The number of nitrogens with zero attached hydrogens (tertiary/aromatic N) is 1. The topological polar surface area (TPSA) is 61.4 Å². The zero-order valence-corrected chi connectivity index (χ0v) is 10.6. The molecule has 96 valence electrons. The molecule has 2 aliphatic rings. The molecule has 0 aromatic carbocycles. The van der Waals surface area contributed by atoms with Crippen molar-refractivity contribution in [3.8, 4) is 0 Å². The lowest BCUT2D eigenvalue weighted by Crippen LogP contribution is -2.44. The average Bonchev–Trinajstić information content (AvgIpc) is 2.55. The van der Waals surface area contributed by atoms with Gasteiger partial charge in [-0.1, -0.05) is 6.92 Å². The summed E-state index contributed by atoms with van der Waals surface area (Å²) in [5.41, 5.74) is -0.690. The summed E-state index contributed by atoms with van der Waals surface area (Å²) in [7, 11) is 0. The van der Waals surface area contributed by atoms with E-state index in [9.17, 15) is 9.59 Å². The fraction of sp³-hybridized carbons (Fsp3) is 0.833. The molecule has 3 amide bonds. The van der Waals surface area contributed by atoms with E-state index in [1.807, 2.05) is 6.92 Å². The molecule has 17 heavy (non-hydrogen) atoms. The summed E-state index contributed by atoms with van der Waals surface area (Å²) in [6.07, 6.45) is 2.72. The van der Waals surface area contributed by atoms with Crippen LogP contribution in [0.15, 0.2) is 0 Å². The number of urea groups is 1. The average molecular weight is 239 g/mol. The van der Waals surface area contributed by atoms with Crippen LogP contribution in [0.5, 0.6) is 0 Å². The second-order valence-electron chi connectivity index (χ2n) is 5.22. The highest BCUT2D eigenvalue weighted by Gasteiger charge is 2.46. The number of amides is 3. The number of hydrogen-bond donors (Lipinski definition) is 2. The maximum atomic E-state index is 12.2. The van der Waals surface area contributed by atoms with Crippen LogP contribution in [0.1, 0.15) is 33.1 Å². The molecule has 2 rings (SSSR count). The summed E-state index contributed by atoms with van der Waals surface area (Å²) in [4.78, 5) is 25.4. The molecule has 2 saturated heterocycles. The highest BCUT2D eigenvalue weighted by atomic mass is 16.2. The minimum atomic E-state index is -0.690. The normalized spacial score (nSPS) is 30.8. The minimum Gasteiger partial charge on any atom is -0.323 e. The molecule has 5 nitrogen and oxygen atoms in total. The zero-order valence-electron chi connectivity index (χ0n) is 10.6. The Hall–Kier alpha value is -1.10. The Morgan fingerprint density at radius 3 is 2.53 bits per heavy atom. The summed E-state index contributed by atoms with van der Waals surface area (Å²) in [6, 6.07) is -0.224. The number of nitrogens with one attached hydrogen (secondary N) is 2. The van der Waals surface area contributed by atoms with Crippen molar-refractivity contribution in [2.24, 2.45) is 5.92 Å². The van der Waals surface area contributed by atoms with Gasteiger partial charge in [0.15, 0.2) is 0 Å². The Balaban J connectivity index is 2.01. The van der Waals surface area contributed by atoms with Crippen LogP contribution in [-0.4, -0.2) is 42.0 Å². The van der Waals surface area contributed by atoms with Gasteiger partial charge in [0.25, 0.3) is 5.91 Å². The first-order valence-corrected chi connectivity index (χ1v) is 6.41. The van der Waals surface area contributed by atoms with E-state index < -0.39 is 5.54 Å². The monoisotopic (exact) mass is 239 g/mol. The predicted octanol–water partition coefficient (Wildman–Crippen LogP) is 0.706. The van der Waals surface area contributed by atoms with Gasteiger partial charge in [0.05, 0.1) is 0 Å². The molecule has 0 aliphatic carbocycles. The van der Waals surface area contributed by atoms with Crippen molar-refractivity contribution in [1.82, 2.24) is 15.5 Å². The van der Waals surface area contributed by atoms with Crippen LogP contribution in [0.4, 0.5) is 4.79 Å². The third-order valence-corrected chi connectivity index (χ3v) is 3.95. The third-order valence-electron chi connectivity index (χ3n) is 3.95. The maximum absolute atomic E-state index is 12.2. The molecular formula is C12H21N3O2. The van der Waals surface area contributed by atoms with Gasteiger partial charge in [-0.2, -0.15) is 0 Å². The molecule has 2 fully saturated rings. The number of hydrogen-bond acceptors (Lipinski definition) is 3. The number of piperidine rings is 1. The number of carbonyl (C=O) groups is 2. The Labute approximate surface area is 102 Å². The van der Waals surface area contributed by atoms with E-state index in [1.165, 1.54) is 4.90 Å². The molecule has 5 heteroatoms. The quantitative estimate of drug-likeness (QED) is 0.713. The molecule has 0 radical (unpaired) electrons. The van der Waals surface area contributed by atoms with Gasteiger partial charge in [0.1, 0.15) is 5.54 Å². The number of rotatable bonds is 3. The largest absolute Gasteiger partial charge is 0.325 e. The van der Waals surface area contributed by atoms with Gasteiger partial charge in [0, 0.05) is 6.54 Å².